The lowest BCUT2D eigenvalue weighted by Gasteiger charge is -2.32. The summed E-state index contributed by atoms with van der Waals surface area (Å²) in [5, 5.41) is 4.32. The van der Waals surface area contributed by atoms with E-state index < -0.39 is 6.10 Å². The molecule has 4 nitrogen and oxygen atoms in total. The van der Waals surface area contributed by atoms with E-state index in [1.165, 1.54) is 0 Å². The third-order valence-electron chi connectivity index (χ3n) is 4.91. The summed E-state index contributed by atoms with van der Waals surface area (Å²) >= 11 is 18.4. The first-order valence-corrected chi connectivity index (χ1v) is 10.4. The molecule has 0 aromatic heterocycles. The number of hydrogen-bond donors (Lipinski definition) is 1. The molecule has 0 saturated carbocycles. The molecule has 3 rings (SSSR count). The van der Waals surface area contributed by atoms with E-state index in [2.05, 4.69) is 17.1 Å². The maximum absolute atomic E-state index is 12.5. The Kier molecular flexibility index (Phi) is 6.97. The van der Waals surface area contributed by atoms with Gasteiger partial charge in [0.15, 0.2) is 6.10 Å². The summed E-state index contributed by atoms with van der Waals surface area (Å²) in [5.74, 6) is 0.868. The smallest absolute Gasteiger partial charge is 0.265 e. The SMILES string of the molecule is CC1CCN(c2ccc(NC(=O)C(C)Oc3ccc(Cl)cc3Cl)cc2Cl)CC1. The molecular weight excluding hydrogens is 419 g/mol. The van der Waals surface area contributed by atoms with Crippen LogP contribution in [0.3, 0.4) is 0 Å². The first-order valence-electron chi connectivity index (χ1n) is 9.30. The van der Waals surface area contributed by atoms with Gasteiger partial charge in [0, 0.05) is 23.8 Å². The molecule has 7 heteroatoms. The summed E-state index contributed by atoms with van der Waals surface area (Å²) in [6, 6.07) is 10.5. The van der Waals surface area contributed by atoms with Gasteiger partial charge in [0.2, 0.25) is 0 Å². The van der Waals surface area contributed by atoms with Crippen molar-refractivity contribution in [2.45, 2.75) is 32.8 Å². The van der Waals surface area contributed by atoms with Crippen molar-refractivity contribution < 1.29 is 9.53 Å². The quantitative estimate of drug-likeness (QED) is 0.593. The number of anilines is 2. The van der Waals surface area contributed by atoms with Crippen molar-refractivity contribution in [3.63, 3.8) is 0 Å². The third-order valence-corrected chi connectivity index (χ3v) is 5.74. The molecule has 0 radical (unpaired) electrons. The molecule has 1 aliphatic heterocycles. The number of nitrogens with zero attached hydrogens (tertiary/aromatic N) is 1. The minimum Gasteiger partial charge on any atom is -0.479 e. The van der Waals surface area contributed by atoms with Crippen LogP contribution in [0.1, 0.15) is 26.7 Å². The second kappa shape index (κ2) is 9.25. The monoisotopic (exact) mass is 440 g/mol. The van der Waals surface area contributed by atoms with Crippen molar-refractivity contribution in [3.05, 3.63) is 51.5 Å². The van der Waals surface area contributed by atoms with Gasteiger partial charge in [0.1, 0.15) is 5.75 Å². The van der Waals surface area contributed by atoms with E-state index in [1.54, 1.807) is 31.2 Å². The fraction of sp³-hybridized carbons (Fsp3) is 0.381. The Morgan fingerprint density at radius 3 is 2.46 bits per heavy atom. The van der Waals surface area contributed by atoms with Crippen LogP contribution in [0.25, 0.3) is 0 Å². The second-order valence-corrected chi connectivity index (χ2v) is 8.41. The number of rotatable bonds is 5. The van der Waals surface area contributed by atoms with Crippen molar-refractivity contribution in [1.29, 1.82) is 0 Å². The number of ether oxygens (including phenoxy) is 1. The predicted molar refractivity (Wildman–Crippen MR) is 117 cm³/mol. The Morgan fingerprint density at radius 1 is 1.11 bits per heavy atom. The topological polar surface area (TPSA) is 41.6 Å². The Morgan fingerprint density at radius 2 is 1.82 bits per heavy atom. The molecule has 28 heavy (non-hydrogen) atoms. The number of amides is 1. The van der Waals surface area contributed by atoms with E-state index >= 15 is 0 Å². The van der Waals surface area contributed by atoms with E-state index in [0.717, 1.165) is 37.5 Å². The lowest BCUT2D eigenvalue weighted by molar-refractivity contribution is -0.122. The average molecular weight is 442 g/mol. The standard InChI is InChI=1S/C21H23Cl3N2O2/c1-13-7-9-26(10-8-13)19-5-4-16(12-17(19)23)25-21(27)14(2)28-20-6-3-15(22)11-18(20)24/h3-6,11-14H,7-10H2,1-2H3,(H,25,27). The van der Waals surface area contributed by atoms with Gasteiger partial charge in [0.25, 0.3) is 5.91 Å². The second-order valence-electron chi connectivity index (χ2n) is 7.16. The average Bonchev–Trinajstić information content (AvgIpc) is 2.65. The molecular formula is C21H23Cl3N2O2. The minimum atomic E-state index is -0.735. The van der Waals surface area contributed by atoms with Crippen molar-refractivity contribution in [3.8, 4) is 5.75 Å². The third kappa shape index (κ3) is 5.25. The van der Waals surface area contributed by atoms with E-state index in [9.17, 15) is 4.79 Å². The number of nitrogens with one attached hydrogen (secondary N) is 1. The fourth-order valence-electron chi connectivity index (χ4n) is 3.15. The molecule has 150 valence electrons. The number of benzene rings is 2. The number of carbonyl (C=O) groups excluding carboxylic acids is 1. The van der Waals surface area contributed by atoms with Gasteiger partial charge in [-0.25, -0.2) is 0 Å². The molecule has 1 atom stereocenters. The lowest BCUT2D eigenvalue weighted by Crippen LogP contribution is -2.33. The molecule has 1 heterocycles. The fourth-order valence-corrected chi connectivity index (χ4v) is 3.90. The molecule has 2 aromatic rings. The normalized spacial score (nSPS) is 16.0. The van der Waals surface area contributed by atoms with Crippen LogP contribution in [0.2, 0.25) is 15.1 Å². The largest absolute Gasteiger partial charge is 0.479 e. The zero-order valence-corrected chi connectivity index (χ0v) is 18.1. The summed E-state index contributed by atoms with van der Waals surface area (Å²) in [6.45, 7) is 5.93. The van der Waals surface area contributed by atoms with Crippen LogP contribution < -0.4 is 15.0 Å². The van der Waals surface area contributed by atoms with Crippen molar-refractivity contribution in [2.75, 3.05) is 23.3 Å². The van der Waals surface area contributed by atoms with Gasteiger partial charge >= 0.3 is 0 Å². The molecule has 1 unspecified atom stereocenters. The lowest BCUT2D eigenvalue weighted by atomic mass is 9.99. The first-order chi connectivity index (χ1) is 13.3. The van der Waals surface area contributed by atoms with Crippen LogP contribution in [0.15, 0.2) is 36.4 Å². The molecule has 2 aromatic carbocycles. The van der Waals surface area contributed by atoms with Gasteiger partial charge in [-0.15, -0.1) is 0 Å². The Bertz CT molecular complexity index is 852. The van der Waals surface area contributed by atoms with Gasteiger partial charge in [-0.05, 0) is 62.1 Å². The van der Waals surface area contributed by atoms with Crippen LogP contribution in [0, 0.1) is 5.92 Å². The van der Waals surface area contributed by atoms with Crippen molar-refractivity contribution in [2.24, 2.45) is 5.92 Å². The molecule has 1 fully saturated rings. The number of carbonyl (C=O) groups is 1. The van der Waals surface area contributed by atoms with Crippen LogP contribution in [0.4, 0.5) is 11.4 Å². The first kappa shape index (κ1) is 21.1. The summed E-state index contributed by atoms with van der Waals surface area (Å²) in [5.41, 5.74) is 1.63. The predicted octanol–water partition coefficient (Wildman–Crippen LogP) is 6.29. The van der Waals surface area contributed by atoms with Crippen LogP contribution in [0.5, 0.6) is 5.75 Å². The highest BCUT2D eigenvalue weighted by Gasteiger charge is 2.20. The highest BCUT2D eigenvalue weighted by Crippen LogP contribution is 2.32. The summed E-state index contributed by atoms with van der Waals surface area (Å²) in [7, 11) is 0. The zero-order valence-electron chi connectivity index (χ0n) is 15.8. The van der Waals surface area contributed by atoms with Gasteiger partial charge in [-0.1, -0.05) is 41.7 Å². The number of hydrogen-bond acceptors (Lipinski definition) is 3. The molecule has 1 saturated heterocycles. The van der Waals surface area contributed by atoms with E-state index in [4.69, 9.17) is 39.5 Å². The zero-order chi connectivity index (χ0) is 20.3. The van der Waals surface area contributed by atoms with Gasteiger partial charge < -0.3 is 15.0 Å². The maximum Gasteiger partial charge on any atom is 0.265 e. The molecule has 0 aliphatic carbocycles. The molecule has 0 spiro atoms. The summed E-state index contributed by atoms with van der Waals surface area (Å²) in [6.07, 6.45) is 1.59. The molecule has 1 amide bonds. The Hall–Kier alpha value is -1.62. The number of piperidine rings is 1. The van der Waals surface area contributed by atoms with Crippen LogP contribution in [-0.4, -0.2) is 25.1 Å². The highest BCUT2D eigenvalue weighted by molar-refractivity contribution is 6.35. The Labute approximate surface area is 180 Å². The maximum atomic E-state index is 12.5. The van der Waals surface area contributed by atoms with Crippen LogP contribution in [-0.2, 0) is 4.79 Å². The Balaban J connectivity index is 1.62. The molecule has 1 N–H and O–H groups in total. The minimum absolute atomic E-state index is 0.290. The van der Waals surface area contributed by atoms with Crippen molar-refractivity contribution in [1.82, 2.24) is 0 Å². The van der Waals surface area contributed by atoms with Gasteiger partial charge in [-0.2, -0.15) is 0 Å². The van der Waals surface area contributed by atoms with E-state index in [-0.39, 0.29) is 5.91 Å². The van der Waals surface area contributed by atoms with Gasteiger partial charge in [0.05, 0.1) is 15.7 Å². The highest BCUT2D eigenvalue weighted by atomic mass is 35.5. The molecule has 1 aliphatic rings. The van der Waals surface area contributed by atoms with Crippen LogP contribution >= 0.6 is 34.8 Å². The van der Waals surface area contributed by atoms with Crippen molar-refractivity contribution >= 4 is 52.1 Å². The number of halogens is 3. The van der Waals surface area contributed by atoms with Gasteiger partial charge in [-0.3, -0.25) is 4.79 Å². The van der Waals surface area contributed by atoms with E-state index in [1.807, 2.05) is 12.1 Å². The van der Waals surface area contributed by atoms with E-state index in [0.29, 0.717) is 26.5 Å². The summed E-state index contributed by atoms with van der Waals surface area (Å²) < 4.78 is 5.65. The molecule has 0 bridgehead atoms. The summed E-state index contributed by atoms with van der Waals surface area (Å²) in [4.78, 5) is 14.8.